The van der Waals surface area contributed by atoms with Crippen LogP contribution in [0.1, 0.15) is 0 Å². The lowest BCUT2D eigenvalue weighted by Crippen LogP contribution is -2.33. The van der Waals surface area contributed by atoms with Gasteiger partial charge in [-0.05, 0) is 22.0 Å². The Morgan fingerprint density at radius 3 is 2.47 bits per heavy atom. The zero-order chi connectivity index (χ0) is 14.5. The number of sulfonamides is 1. The van der Waals surface area contributed by atoms with Crippen molar-refractivity contribution in [2.75, 3.05) is 18.5 Å². The highest BCUT2D eigenvalue weighted by atomic mass is 79.9. The molecule has 0 saturated carbocycles. The fourth-order valence-electron chi connectivity index (χ4n) is 1.25. The van der Waals surface area contributed by atoms with Gasteiger partial charge in [0.15, 0.2) is 5.82 Å². The molecule has 0 amide bonds. The van der Waals surface area contributed by atoms with Gasteiger partial charge in [0.25, 0.3) is 0 Å². The monoisotopic (exact) mass is 344 g/mol. The Morgan fingerprint density at radius 1 is 1.42 bits per heavy atom. The molecule has 1 aromatic rings. The van der Waals surface area contributed by atoms with Crippen LogP contribution < -0.4 is 11.3 Å². The van der Waals surface area contributed by atoms with E-state index in [-0.39, 0.29) is 10.7 Å². The van der Waals surface area contributed by atoms with Crippen LogP contribution in [-0.2, 0) is 10.0 Å². The zero-order valence-corrected chi connectivity index (χ0v) is 11.9. The highest BCUT2D eigenvalue weighted by molar-refractivity contribution is 9.10. The van der Waals surface area contributed by atoms with E-state index in [1.54, 1.807) is 12.1 Å². The third-order valence-electron chi connectivity index (χ3n) is 2.07. The van der Waals surface area contributed by atoms with E-state index in [0.717, 1.165) is 4.31 Å². The topological polar surface area (TPSA) is 136 Å². The summed E-state index contributed by atoms with van der Waals surface area (Å²) < 4.78 is 25.8. The van der Waals surface area contributed by atoms with Crippen molar-refractivity contribution in [1.82, 2.24) is 9.29 Å². The van der Waals surface area contributed by atoms with Crippen molar-refractivity contribution in [1.29, 1.82) is 10.5 Å². The molecule has 0 radical (unpaired) electrons. The minimum absolute atomic E-state index is 0.0657. The number of nitrogens with zero attached hydrogens (tertiary/aromatic N) is 4. The molecular weight excluding hydrogens is 336 g/mol. The predicted octanol–water partition coefficient (Wildman–Crippen LogP) is 0.168. The van der Waals surface area contributed by atoms with E-state index >= 15 is 0 Å². The Bertz CT molecular complexity index is 632. The first kappa shape index (κ1) is 15.3. The lowest BCUT2D eigenvalue weighted by atomic mass is 10.5. The molecule has 0 atom stereocenters. The molecule has 0 spiro atoms. The number of aromatic nitrogens is 1. The molecule has 0 fully saturated rings. The number of pyridine rings is 1. The quantitative estimate of drug-likeness (QED) is 0.441. The van der Waals surface area contributed by atoms with Crippen LogP contribution in [0.25, 0.3) is 0 Å². The molecule has 1 rings (SSSR count). The third-order valence-corrected chi connectivity index (χ3v) is 4.31. The van der Waals surface area contributed by atoms with Gasteiger partial charge in [-0.15, -0.1) is 0 Å². The van der Waals surface area contributed by atoms with Crippen LogP contribution in [0, 0.1) is 22.7 Å². The van der Waals surface area contributed by atoms with Crippen LogP contribution in [0.5, 0.6) is 0 Å². The maximum Gasteiger partial charge on any atom is 0.248 e. The number of rotatable bonds is 5. The van der Waals surface area contributed by atoms with Crippen LogP contribution in [0.15, 0.2) is 21.6 Å². The van der Waals surface area contributed by atoms with Crippen LogP contribution >= 0.6 is 15.9 Å². The molecule has 0 aliphatic heterocycles. The minimum Gasteiger partial charge on any atom is -0.307 e. The predicted molar refractivity (Wildman–Crippen MR) is 69.7 cm³/mol. The fraction of sp³-hybridized carbons (Fsp3) is 0.222. The Balaban J connectivity index is 3.37. The Hall–Kier alpha value is -1.72. The molecule has 19 heavy (non-hydrogen) atoms. The van der Waals surface area contributed by atoms with E-state index in [4.69, 9.17) is 16.4 Å². The number of halogens is 1. The second kappa shape index (κ2) is 6.45. The van der Waals surface area contributed by atoms with Crippen molar-refractivity contribution in [3.8, 4) is 12.1 Å². The van der Waals surface area contributed by atoms with E-state index in [9.17, 15) is 8.42 Å². The second-order valence-corrected chi connectivity index (χ2v) is 6.06. The van der Waals surface area contributed by atoms with Crippen molar-refractivity contribution >= 4 is 31.8 Å². The first-order chi connectivity index (χ1) is 8.97. The van der Waals surface area contributed by atoms with Gasteiger partial charge in [0.1, 0.15) is 18.0 Å². The van der Waals surface area contributed by atoms with Gasteiger partial charge in [0, 0.05) is 10.7 Å². The van der Waals surface area contributed by atoms with Gasteiger partial charge < -0.3 is 5.43 Å². The SMILES string of the molecule is N#CCN(CC#N)S(=O)(=O)c1cc(Br)cnc1NN. The van der Waals surface area contributed by atoms with Gasteiger partial charge in [0.05, 0.1) is 12.1 Å². The smallest absolute Gasteiger partial charge is 0.248 e. The van der Waals surface area contributed by atoms with Gasteiger partial charge in [-0.25, -0.2) is 19.2 Å². The number of anilines is 1. The molecule has 0 bridgehead atoms. The first-order valence-corrected chi connectivity index (χ1v) is 7.07. The molecule has 0 saturated heterocycles. The summed E-state index contributed by atoms with van der Waals surface area (Å²) in [6.45, 7) is -0.876. The summed E-state index contributed by atoms with van der Waals surface area (Å²) in [7, 11) is -4.04. The number of nitrogen functional groups attached to an aromatic ring is 1. The fourth-order valence-corrected chi connectivity index (χ4v) is 3.10. The van der Waals surface area contributed by atoms with Crippen LogP contribution in [0.2, 0.25) is 0 Å². The Kier molecular flexibility index (Phi) is 5.20. The average Bonchev–Trinajstić information content (AvgIpc) is 2.38. The summed E-state index contributed by atoms with van der Waals surface area (Å²) >= 11 is 3.10. The van der Waals surface area contributed by atoms with Crippen molar-refractivity contribution in [2.45, 2.75) is 4.90 Å². The molecule has 0 aliphatic carbocycles. The highest BCUT2D eigenvalue weighted by Gasteiger charge is 2.27. The third kappa shape index (κ3) is 3.39. The summed E-state index contributed by atoms with van der Waals surface area (Å²) in [4.78, 5) is 3.60. The number of nitrogens with two attached hydrogens (primary N) is 1. The number of nitrogens with one attached hydrogen (secondary N) is 1. The number of hydrogen-bond acceptors (Lipinski definition) is 7. The summed E-state index contributed by atoms with van der Waals surface area (Å²) in [6, 6.07) is 4.68. The first-order valence-electron chi connectivity index (χ1n) is 4.83. The molecule has 3 N–H and O–H groups in total. The maximum absolute atomic E-state index is 12.3. The number of nitriles is 2. The largest absolute Gasteiger partial charge is 0.307 e. The van der Waals surface area contributed by atoms with Crippen LogP contribution in [0.3, 0.4) is 0 Å². The number of hydrazine groups is 1. The molecule has 8 nitrogen and oxygen atoms in total. The van der Waals surface area contributed by atoms with Gasteiger partial charge in [0.2, 0.25) is 10.0 Å². The highest BCUT2D eigenvalue weighted by Crippen LogP contribution is 2.25. The molecule has 0 aromatic carbocycles. The average molecular weight is 345 g/mol. The summed E-state index contributed by atoms with van der Waals surface area (Å²) in [5.41, 5.74) is 2.16. The van der Waals surface area contributed by atoms with E-state index in [1.807, 2.05) is 0 Å². The summed E-state index contributed by atoms with van der Waals surface area (Å²) in [6.07, 6.45) is 1.37. The van der Waals surface area contributed by atoms with Gasteiger partial charge >= 0.3 is 0 Å². The van der Waals surface area contributed by atoms with E-state index in [2.05, 4.69) is 26.3 Å². The maximum atomic E-state index is 12.3. The Labute approximate surface area is 118 Å². The minimum atomic E-state index is -4.04. The van der Waals surface area contributed by atoms with Gasteiger partial charge in [-0.2, -0.15) is 14.8 Å². The van der Waals surface area contributed by atoms with E-state index in [0.29, 0.717) is 4.47 Å². The molecule has 1 heterocycles. The molecule has 0 aliphatic rings. The molecule has 100 valence electrons. The zero-order valence-electron chi connectivity index (χ0n) is 9.54. The molecular formula is C9H9BrN6O2S. The summed E-state index contributed by atoms with van der Waals surface area (Å²) in [5, 5.41) is 17.2. The van der Waals surface area contributed by atoms with Crippen molar-refractivity contribution in [3.63, 3.8) is 0 Å². The van der Waals surface area contributed by atoms with Crippen molar-refractivity contribution in [2.24, 2.45) is 5.84 Å². The normalized spacial score (nSPS) is 10.8. The van der Waals surface area contributed by atoms with Crippen LogP contribution in [-0.4, -0.2) is 30.8 Å². The van der Waals surface area contributed by atoms with Crippen LogP contribution in [0.4, 0.5) is 5.82 Å². The van der Waals surface area contributed by atoms with Gasteiger partial charge in [-0.1, -0.05) is 0 Å². The van der Waals surface area contributed by atoms with Crippen molar-refractivity contribution < 1.29 is 8.42 Å². The lowest BCUT2D eigenvalue weighted by molar-refractivity contribution is 0.479. The molecule has 1 aromatic heterocycles. The van der Waals surface area contributed by atoms with E-state index in [1.165, 1.54) is 12.3 Å². The lowest BCUT2D eigenvalue weighted by Gasteiger charge is -2.17. The van der Waals surface area contributed by atoms with Crippen molar-refractivity contribution in [3.05, 3.63) is 16.7 Å². The Morgan fingerprint density at radius 2 is 2.00 bits per heavy atom. The molecule has 0 unspecified atom stereocenters. The number of hydrogen-bond donors (Lipinski definition) is 2. The standard InChI is InChI=1S/C9H9BrN6O2S/c10-7-5-8(9(15-13)14-6-7)19(17,18)16(3-1-11)4-2-12/h5-6H,3-4,13H2,(H,14,15). The van der Waals surface area contributed by atoms with E-state index < -0.39 is 23.1 Å². The second-order valence-electron chi connectivity index (χ2n) is 3.23. The summed E-state index contributed by atoms with van der Waals surface area (Å²) in [5.74, 6) is 5.14. The van der Waals surface area contributed by atoms with Gasteiger partial charge in [-0.3, -0.25) is 0 Å². The molecule has 10 heteroatoms.